The van der Waals surface area contributed by atoms with E-state index >= 15 is 0 Å². The van der Waals surface area contributed by atoms with Crippen molar-refractivity contribution in [1.29, 1.82) is 0 Å². The molecule has 2 saturated carbocycles. The van der Waals surface area contributed by atoms with Gasteiger partial charge in [0.25, 0.3) is 0 Å². The second kappa shape index (κ2) is 6.77. The first-order chi connectivity index (χ1) is 8.34. The maximum absolute atomic E-state index is 5.82. The summed E-state index contributed by atoms with van der Waals surface area (Å²) < 4.78 is 0. The molecular formula is C15H24N2. The maximum atomic E-state index is 5.82. The summed E-state index contributed by atoms with van der Waals surface area (Å²) >= 11 is 0. The van der Waals surface area contributed by atoms with Crippen LogP contribution in [0.15, 0.2) is 36.4 Å². The fourth-order valence-electron chi connectivity index (χ4n) is 2.25. The Bertz CT molecular complexity index is 260. The van der Waals surface area contributed by atoms with Crippen molar-refractivity contribution in [1.82, 2.24) is 5.32 Å². The van der Waals surface area contributed by atoms with Crippen LogP contribution in [0.2, 0.25) is 0 Å². The van der Waals surface area contributed by atoms with E-state index in [1.165, 1.54) is 38.5 Å². The highest BCUT2D eigenvalue weighted by atomic mass is 15.0. The van der Waals surface area contributed by atoms with E-state index in [2.05, 4.69) is 5.32 Å². The molecule has 1 aromatic rings. The second-order valence-corrected chi connectivity index (χ2v) is 5.21. The molecule has 3 N–H and O–H groups in total. The minimum absolute atomic E-state index is 0.493. The lowest BCUT2D eigenvalue weighted by atomic mass is 9.92. The van der Waals surface area contributed by atoms with Crippen molar-refractivity contribution in [3.05, 3.63) is 36.4 Å². The zero-order valence-electron chi connectivity index (χ0n) is 10.5. The van der Waals surface area contributed by atoms with Crippen LogP contribution in [0.1, 0.15) is 38.5 Å². The van der Waals surface area contributed by atoms with Crippen molar-refractivity contribution >= 4 is 0 Å². The van der Waals surface area contributed by atoms with Gasteiger partial charge in [-0.3, -0.25) is 0 Å². The molecule has 2 nitrogen and oxygen atoms in total. The predicted octanol–water partition coefficient (Wildman–Crippen LogP) is 2.69. The number of nitrogens with two attached hydrogens (primary N) is 1. The predicted molar refractivity (Wildman–Crippen MR) is 72.8 cm³/mol. The van der Waals surface area contributed by atoms with Crippen molar-refractivity contribution in [2.75, 3.05) is 0 Å². The van der Waals surface area contributed by atoms with Crippen molar-refractivity contribution in [2.45, 2.75) is 56.7 Å². The van der Waals surface area contributed by atoms with Crippen LogP contribution < -0.4 is 11.1 Å². The monoisotopic (exact) mass is 232 g/mol. The van der Waals surface area contributed by atoms with Crippen LogP contribution in [-0.2, 0) is 0 Å². The van der Waals surface area contributed by atoms with E-state index in [1.54, 1.807) is 0 Å². The first-order valence-electron chi connectivity index (χ1n) is 6.86. The number of nitrogens with one attached hydrogen (secondary N) is 1. The molecule has 0 atom stereocenters. The Morgan fingerprint density at radius 1 is 0.647 bits per heavy atom. The fourth-order valence-corrected chi connectivity index (χ4v) is 2.25. The molecule has 0 aromatic heterocycles. The lowest BCUT2D eigenvalue weighted by Gasteiger charge is -2.26. The average Bonchev–Trinajstić information content (AvgIpc) is 3.19. The molecule has 17 heavy (non-hydrogen) atoms. The van der Waals surface area contributed by atoms with Crippen LogP contribution in [0.3, 0.4) is 0 Å². The van der Waals surface area contributed by atoms with Crippen molar-refractivity contribution in [3.8, 4) is 0 Å². The van der Waals surface area contributed by atoms with E-state index in [4.69, 9.17) is 5.73 Å². The van der Waals surface area contributed by atoms with Gasteiger partial charge >= 0.3 is 0 Å². The van der Waals surface area contributed by atoms with Crippen molar-refractivity contribution in [2.24, 2.45) is 5.73 Å². The minimum atomic E-state index is 0.493. The largest absolute Gasteiger partial charge is 0.328 e. The molecule has 0 aliphatic heterocycles. The SMILES string of the molecule is NC1CCC(NC2CC2)CC1.c1ccccc1. The van der Waals surface area contributed by atoms with Gasteiger partial charge < -0.3 is 11.1 Å². The highest BCUT2D eigenvalue weighted by Crippen LogP contribution is 2.24. The van der Waals surface area contributed by atoms with E-state index < -0.39 is 0 Å². The Morgan fingerprint density at radius 2 is 1.00 bits per heavy atom. The van der Waals surface area contributed by atoms with Crippen molar-refractivity contribution in [3.63, 3.8) is 0 Å². The Morgan fingerprint density at radius 3 is 1.35 bits per heavy atom. The van der Waals surface area contributed by atoms with Gasteiger partial charge in [-0.1, -0.05) is 36.4 Å². The molecule has 0 unspecified atom stereocenters. The molecule has 2 heteroatoms. The smallest absolute Gasteiger partial charge is 0.00708 e. The normalized spacial score (nSPS) is 28.1. The van der Waals surface area contributed by atoms with Crippen LogP contribution >= 0.6 is 0 Å². The zero-order valence-corrected chi connectivity index (χ0v) is 10.5. The highest BCUT2D eigenvalue weighted by molar-refractivity contribution is 4.99. The minimum Gasteiger partial charge on any atom is -0.328 e. The van der Waals surface area contributed by atoms with Gasteiger partial charge in [-0.05, 0) is 38.5 Å². The van der Waals surface area contributed by atoms with E-state index in [0.717, 1.165) is 12.1 Å². The van der Waals surface area contributed by atoms with Crippen LogP contribution in [0.4, 0.5) is 0 Å². The average molecular weight is 232 g/mol. The van der Waals surface area contributed by atoms with Gasteiger partial charge in [-0.25, -0.2) is 0 Å². The molecule has 0 bridgehead atoms. The van der Waals surface area contributed by atoms with E-state index in [-0.39, 0.29) is 0 Å². The van der Waals surface area contributed by atoms with Gasteiger partial charge in [0, 0.05) is 18.1 Å². The van der Waals surface area contributed by atoms with Crippen LogP contribution in [0.5, 0.6) is 0 Å². The molecule has 94 valence electrons. The molecule has 2 aliphatic rings. The Balaban J connectivity index is 0.000000153. The third-order valence-corrected chi connectivity index (χ3v) is 3.49. The Labute approximate surface area is 105 Å². The van der Waals surface area contributed by atoms with Gasteiger partial charge in [-0.15, -0.1) is 0 Å². The molecular weight excluding hydrogens is 208 g/mol. The first-order valence-corrected chi connectivity index (χ1v) is 6.86. The Kier molecular flexibility index (Phi) is 5.02. The van der Waals surface area contributed by atoms with E-state index in [0.29, 0.717) is 6.04 Å². The third kappa shape index (κ3) is 5.33. The molecule has 1 aromatic carbocycles. The maximum Gasteiger partial charge on any atom is 0.00708 e. The highest BCUT2D eigenvalue weighted by Gasteiger charge is 2.26. The summed E-state index contributed by atoms with van der Waals surface area (Å²) in [7, 11) is 0. The molecule has 0 amide bonds. The summed E-state index contributed by atoms with van der Waals surface area (Å²) in [5.74, 6) is 0. The van der Waals surface area contributed by atoms with Gasteiger partial charge in [-0.2, -0.15) is 0 Å². The van der Waals surface area contributed by atoms with Crippen LogP contribution in [-0.4, -0.2) is 18.1 Å². The van der Waals surface area contributed by atoms with E-state index in [9.17, 15) is 0 Å². The van der Waals surface area contributed by atoms with Crippen LogP contribution in [0, 0.1) is 0 Å². The van der Waals surface area contributed by atoms with E-state index in [1.807, 2.05) is 36.4 Å². The lowest BCUT2D eigenvalue weighted by molar-refractivity contribution is 0.341. The fraction of sp³-hybridized carbons (Fsp3) is 0.600. The second-order valence-electron chi connectivity index (χ2n) is 5.21. The molecule has 0 spiro atoms. The molecule has 3 rings (SSSR count). The summed E-state index contributed by atoms with van der Waals surface area (Å²) in [5.41, 5.74) is 5.82. The summed E-state index contributed by atoms with van der Waals surface area (Å²) in [6.45, 7) is 0. The summed E-state index contributed by atoms with van der Waals surface area (Å²) in [6.07, 6.45) is 7.87. The first kappa shape index (κ1) is 12.6. The molecule has 2 fully saturated rings. The topological polar surface area (TPSA) is 38.0 Å². The van der Waals surface area contributed by atoms with Gasteiger partial charge in [0.2, 0.25) is 0 Å². The summed E-state index contributed by atoms with van der Waals surface area (Å²) in [5, 5.41) is 3.66. The van der Waals surface area contributed by atoms with Gasteiger partial charge in [0.15, 0.2) is 0 Å². The molecule has 0 heterocycles. The molecule has 2 aliphatic carbocycles. The summed E-state index contributed by atoms with van der Waals surface area (Å²) in [6, 6.07) is 14.2. The molecule has 0 radical (unpaired) electrons. The number of hydrogen-bond donors (Lipinski definition) is 2. The number of hydrogen-bond acceptors (Lipinski definition) is 2. The quantitative estimate of drug-likeness (QED) is 0.822. The zero-order chi connectivity index (χ0) is 11.9. The van der Waals surface area contributed by atoms with Crippen LogP contribution in [0.25, 0.3) is 0 Å². The number of rotatable bonds is 2. The number of benzene rings is 1. The van der Waals surface area contributed by atoms with Gasteiger partial charge in [0.1, 0.15) is 0 Å². The molecule has 0 saturated heterocycles. The lowest BCUT2D eigenvalue weighted by Crippen LogP contribution is -2.38. The standard InChI is InChI=1S/C9H18N2.C6H6/c10-7-1-3-8(4-2-7)11-9-5-6-9;1-2-4-6-5-3-1/h7-9,11H,1-6,10H2;1-6H. The summed E-state index contributed by atoms with van der Waals surface area (Å²) in [4.78, 5) is 0. The van der Waals surface area contributed by atoms with Gasteiger partial charge in [0.05, 0.1) is 0 Å². The van der Waals surface area contributed by atoms with Crippen molar-refractivity contribution < 1.29 is 0 Å². The Hall–Kier alpha value is -0.860. The third-order valence-electron chi connectivity index (χ3n) is 3.49.